The first kappa shape index (κ1) is 20.0. The summed E-state index contributed by atoms with van der Waals surface area (Å²) in [5.74, 6) is 2.35. The summed E-state index contributed by atoms with van der Waals surface area (Å²) in [7, 11) is 0. The normalized spacial score (nSPS) is 26.3. The predicted molar refractivity (Wildman–Crippen MR) is 104 cm³/mol. The number of piperidine rings is 1. The molecule has 0 saturated carbocycles. The van der Waals surface area contributed by atoms with E-state index in [4.69, 9.17) is 4.99 Å². The number of nitrogens with one attached hydrogen (secondary N) is 2. The van der Waals surface area contributed by atoms with Crippen LogP contribution in [0.5, 0.6) is 0 Å². The number of rotatable bonds is 5. The SMILES string of the molecule is CCNC(=NCC1CCN(C(C)=O)CC1)NC1CN(C(C)C)CC1C. The molecule has 0 bridgehead atoms. The number of amides is 1. The molecule has 0 aromatic carbocycles. The van der Waals surface area contributed by atoms with E-state index in [1.54, 1.807) is 6.92 Å². The molecule has 2 fully saturated rings. The highest BCUT2D eigenvalue weighted by molar-refractivity contribution is 5.80. The van der Waals surface area contributed by atoms with Gasteiger partial charge in [0.25, 0.3) is 0 Å². The Bertz CT molecular complexity index is 457. The molecule has 0 radical (unpaired) electrons. The average molecular weight is 352 g/mol. The maximum Gasteiger partial charge on any atom is 0.219 e. The maximum absolute atomic E-state index is 11.4. The molecule has 6 nitrogen and oxygen atoms in total. The Morgan fingerprint density at radius 3 is 2.44 bits per heavy atom. The first-order valence-corrected chi connectivity index (χ1v) is 9.95. The van der Waals surface area contributed by atoms with Crippen molar-refractivity contribution in [2.45, 2.75) is 59.5 Å². The minimum atomic E-state index is 0.196. The largest absolute Gasteiger partial charge is 0.357 e. The Kier molecular flexibility index (Phi) is 7.54. The summed E-state index contributed by atoms with van der Waals surface area (Å²) < 4.78 is 0. The molecule has 0 aromatic heterocycles. The Balaban J connectivity index is 1.85. The summed E-state index contributed by atoms with van der Waals surface area (Å²) in [6.07, 6.45) is 2.12. The molecule has 2 N–H and O–H groups in total. The van der Waals surface area contributed by atoms with Crippen LogP contribution in [0.25, 0.3) is 0 Å². The van der Waals surface area contributed by atoms with Crippen LogP contribution in [-0.2, 0) is 4.79 Å². The van der Waals surface area contributed by atoms with Crippen LogP contribution in [0.1, 0.15) is 47.5 Å². The molecule has 0 aliphatic carbocycles. The molecule has 2 atom stereocenters. The van der Waals surface area contributed by atoms with E-state index in [0.29, 0.717) is 23.9 Å². The average Bonchev–Trinajstić information content (AvgIpc) is 2.94. The standard InChI is InChI=1S/C19H37N5O/c1-6-20-19(22-18-13-24(14(2)3)12-15(18)4)21-11-17-7-9-23(10-8-17)16(5)25/h14-15,17-18H,6-13H2,1-5H3,(H2,20,21,22). The molecule has 144 valence electrons. The summed E-state index contributed by atoms with van der Waals surface area (Å²) in [4.78, 5) is 20.8. The third-order valence-electron chi connectivity index (χ3n) is 5.60. The van der Waals surface area contributed by atoms with E-state index in [2.05, 4.69) is 43.2 Å². The fourth-order valence-electron chi connectivity index (χ4n) is 3.76. The molecule has 25 heavy (non-hydrogen) atoms. The maximum atomic E-state index is 11.4. The van der Waals surface area contributed by atoms with Crippen LogP contribution in [0.3, 0.4) is 0 Å². The van der Waals surface area contributed by atoms with Gasteiger partial charge in [0.2, 0.25) is 5.91 Å². The fraction of sp³-hybridized carbons (Fsp3) is 0.895. The van der Waals surface area contributed by atoms with Gasteiger partial charge < -0.3 is 15.5 Å². The second-order valence-electron chi connectivity index (χ2n) is 7.94. The number of likely N-dealkylation sites (tertiary alicyclic amines) is 2. The first-order valence-electron chi connectivity index (χ1n) is 9.95. The third kappa shape index (κ3) is 5.87. The van der Waals surface area contributed by atoms with Gasteiger partial charge in [0, 0.05) is 58.3 Å². The molecule has 2 aliphatic rings. The Morgan fingerprint density at radius 2 is 1.92 bits per heavy atom. The van der Waals surface area contributed by atoms with E-state index in [1.807, 2.05) is 4.90 Å². The number of hydrogen-bond acceptors (Lipinski definition) is 3. The van der Waals surface area contributed by atoms with Gasteiger partial charge in [-0.2, -0.15) is 0 Å². The number of guanidine groups is 1. The molecule has 2 saturated heterocycles. The van der Waals surface area contributed by atoms with Gasteiger partial charge in [0.1, 0.15) is 0 Å². The third-order valence-corrected chi connectivity index (χ3v) is 5.60. The van der Waals surface area contributed by atoms with E-state index in [0.717, 1.165) is 58.1 Å². The lowest BCUT2D eigenvalue weighted by atomic mass is 9.97. The lowest BCUT2D eigenvalue weighted by Crippen LogP contribution is -2.47. The lowest BCUT2D eigenvalue weighted by molar-refractivity contribution is -0.130. The van der Waals surface area contributed by atoms with Crippen LogP contribution < -0.4 is 10.6 Å². The molecule has 2 aliphatic heterocycles. The number of carbonyl (C=O) groups is 1. The highest BCUT2D eigenvalue weighted by Gasteiger charge is 2.31. The molecule has 0 aromatic rings. The Hall–Kier alpha value is -1.30. The Labute approximate surface area is 153 Å². The predicted octanol–water partition coefficient (Wildman–Crippen LogP) is 1.53. The van der Waals surface area contributed by atoms with E-state index in [1.165, 1.54) is 0 Å². The number of aliphatic imine (C=N–C) groups is 1. The number of hydrogen-bond donors (Lipinski definition) is 2. The van der Waals surface area contributed by atoms with Crippen molar-refractivity contribution >= 4 is 11.9 Å². The van der Waals surface area contributed by atoms with Crippen molar-refractivity contribution in [2.24, 2.45) is 16.8 Å². The zero-order valence-corrected chi connectivity index (χ0v) is 16.7. The van der Waals surface area contributed by atoms with Gasteiger partial charge in [-0.05, 0) is 45.4 Å². The molecule has 2 heterocycles. The summed E-state index contributed by atoms with van der Waals surface area (Å²) in [5.41, 5.74) is 0. The fourth-order valence-corrected chi connectivity index (χ4v) is 3.76. The van der Waals surface area contributed by atoms with Gasteiger partial charge in [0.15, 0.2) is 5.96 Å². The quantitative estimate of drug-likeness (QED) is 0.582. The highest BCUT2D eigenvalue weighted by atomic mass is 16.2. The minimum absolute atomic E-state index is 0.196. The summed E-state index contributed by atoms with van der Waals surface area (Å²) in [6, 6.07) is 1.06. The van der Waals surface area contributed by atoms with Gasteiger partial charge in [-0.1, -0.05) is 6.92 Å². The Morgan fingerprint density at radius 1 is 1.24 bits per heavy atom. The van der Waals surface area contributed by atoms with Gasteiger partial charge in [-0.25, -0.2) is 0 Å². The van der Waals surface area contributed by atoms with Crippen LogP contribution >= 0.6 is 0 Å². The highest BCUT2D eigenvalue weighted by Crippen LogP contribution is 2.19. The van der Waals surface area contributed by atoms with Gasteiger partial charge in [0.05, 0.1) is 0 Å². The van der Waals surface area contributed by atoms with E-state index < -0.39 is 0 Å². The van der Waals surface area contributed by atoms with E-state index in [-0.39, 0.29) is 5.91 Å². The summed E-state index contributed by atoms with van der Waals surface area (Å²) in [5, 5.41) is 7.05. The molecule has 1 amide bonds. The molecule has 6 heteroatoms. The molecular weight excluding hydrogens is 314 g/mol. The van der Waals surface area contributed by atoms with Gasteiger partial charge in [-0.15, -0.1) is 0 Å². The number of carbonyl (C=O) groups excluding carboxylic acids is 1. The molecular formula is C19H37N5O. The molecule has 2 rings (SSSR count). The van der Waals surface area contributed by atoms with Crippen molar-refractivity contribution in [1.29, 1.82) is 0 Å². The summed E-state index contributed by atoms with van der Waals surface area (Å²) >= 11 is 0. The minimum Gasteiger partial charge on any atom is -0.357 e. The zero-order chi connectivity index (χ0) is 18.4. The molecule has 2 unspecified atom stereocenters. The monoisotopic (exact) mass is 351 g/mol. The second-order valence-corrected chi connectivity index (χ2v) is 7.94. The second kappa shape index (κ2) is 9.41. The van der Waals surface area contributed by atoms with Crippen LogP contribution in [0.2, 0.25) is 0 Å². The van der Waals surface area contributed by atoms with Crippen molar-refractivity contribution < 1.29 is 4.79 Å². The van der Waals surface area contributed by atoms with E-state index >= 15 is 0 Å². The van der Waals surface area contributed by atoms with Crippen LogP contribution in [0, 0.1) is 11.8 Å². The smallest absolute Gasteiger partial charge is 0.219 e. The van der Waals surface area contributed by atoms with Crippen LogP contribution in [-0.4, -0.2) is 73.0 Å². The van der Waals surface area contributed by atoms with Crippen molar-refractivity contribution in [3.63, 3.8) is 0 Å². The summed E-state index contributed by atoms with van der Waals surface area (Å²) in [6.45, 7) is 16.3. The van der Waals surface area contributed by atoms with Gasteiger partial charge in [-0.3, -0.25) is 14.7 Å². The van der Waals surface area contributed by atoms with Crippen molar-refractivity contribution in [3.8, 4) is 0 Å². The lowest BCUT2D eigenvalue weighted by Gasteiger charge is -2.30. The molecule has 0 spiro atoms. The first-order chi connectivity index (χ1) is 11.9. The van der Waals surface area contributed by atoms with Crippen molar-refractivity contribution in [1.82, 2.24) is 20.4 Å². The van der Waals surface area contributed by atoms with Gasteiger partial charge >= 0.3 is 0 Å². The van der Waals surface area contributed by atoms with Crippen LogP contribution in [0.4, 0.5) is 0 Å². The van der Waals surface area contributed by atoms with Crippen LogP contribution in [0.15, 0.2) is 4.99 Å². The number of nitrogens with zero attached hydrogens (tertiary/aromatic N) is 3. The van der Waals surface area contributed by atoms with E-state index in [9.17, 15) is 4.79 Å². The van der Waals surface area contributed by atoms with Crippen molar-refractivity contribution in [3.05, 3.63) is 0 Å². The topological polar surface area (TPSA) is 60.0 Å². The van der Waals surface area contributed by atoms with Crippen molar-refractivity contribution in [2.75, 3.05) is 39.3 Å². The zero-order valence-electron chi connectivity index (χ0n) is 16.7.